The van der Waals surface area contributed by atoms with Gasteiger partial charge in [-0.2, -0.15) is 26.7 Å². The van der Waals surface area contributed by atoms with Crippen molar-refractivity contribution >= 4 is 16.0 Å². The highest BCUT2D eigenvalue weighted by atomic mass is 32.3. The molecule has 0 aliphatic rings. The largest absolute Gasteiger partial charge is 0.408 e. The van der Waals surface area contributed by atoms with Crippen molar-refractivity contribution in [3.8, 4) is 0 Å². The zero-order valence-corrected chi connectivity index (χ0v) is 13.7. The van der Waals surface area contributed by atoms with Crippen LogP contribution in [0.15, 0.2) is 29.2 Å². The fraction of sp³-hybridized carbons (Fsp3) is 0.357. The van der Waals surface area contributed by atoms with Crippen LogP contribution < -0.4 is 5.32 Å². The van der Waals surface area contributed by atoms with Crippen LogP contribution in [0.2, 0.25) is 0 Å². The number of halogens is 4. The number of hydrogen-bond donors (Lipinski definition) is 1. The number of nitrogens with zero attached hydrogens (tertiary/aromatic N) is 2. The molecule has 24 heavy (non-hydrogen) atoms. The summed E-state index contributed by atoms with van der Waals surface area (Å²) in [5.41, 5.74) is 1.53. The highest BCUT2D eigenvalue weighted by molar-refractivity contribution is 7.86. The summed E-state index contributed by atoms with van der Waals surface area (Å²) >= 11 is 0. The molecule has 0 saturated carbocycles. The SMILES string of the molecule is Cc1ccc(S(=O)(=O)F)cc1CNc1cc(C)n(CC(F)(F)F)n1. The van der Waals surface area contributed by atoms with Crippen LogP contribution in [0.1, 0.15) is 16.8 Å². The fourth-order valence-electron chi connectivity index (χ4n) is 2.10. The van der Waals surface area contributed by atoms with E-state index in [1.165, 1.54) is 25.1 Å². The molecule has 0 radical (unpaired) electrons. The molecule has 2 aromatic rings. The van der Waals surface area contributed by atoms with Crippen molar-refractivity contribution in [2.24, 2.45) is 0 Å². The number of benzene rings is 1. The molecular weight excluding hydrogens is 350 g/mol. The minimum absolute atomic E-state index is 0.0949. The van der Waals surface area contributed by atoms with Crippen molar-refractivity contribution in [2.75, 3.05) is 5.32 Å². The van der Waals surface area contributed by atoms with Gasteiger partial charge in [-0.1, -0.05) is 6.07 Å². The molecule has 0 aliphatic carbocycles. The molecule has 1 N–H and O–H groups in total. The number of rotatable bonds is 5. The monoisotopic (exact) mass is 365 g/mol. The van der Waals surface area contributed by atoms with Gasteiger partial charge >= 0.3 is 16.4 Å². The Balaban J connectivity index is 2.16. The predicted molar refractivity (Wildman–Crippen MR) is 79.8 cm³/mol. The Morgan fingerprint density at radius 3 is 2.46 bits per heavy atom. The molecule has 0 spiro atoms. The third-order valence-electron chi connectivity index (χ3n) is 3.37. The second-order valence-electron chi connectivity index (χ2n) is 5.32. The molecule has 1 aromatic carbocycles. The van der Waals surface area contributed by atoms with E-state index in [-0.39, 0.29) is 12.4 Å². The van der Waals surface area contributed by atoms with E-state index in [0.29, 0.717) is 16.8 Å². The van der Waals surface area contributed by atoms with Crippen molar-refractivity contribution in [2.45, 2.75) is 38.0 Å². The average molecular weight is 365 g/mol. The Bertz CT molecular complexity index is 844. The summed E-state index contributed by atoms with van der Waals surface area (Å²) in [6.45, 7) is 2.09. The second kappa shape index (κ2) is 6.42. The van der Waals surface area contributed by atoms with Gasteiger partial charge in [0, 0.05) is 18.3 Å². The van der Waals surface area contributed by atoms with Gasteiger partial charge in [-0.05, 0) is 37.1 Å². The molecule has 0 fully saturated rings. The van der Waals surface area contributed by atoms with Crippen molar-refractivity contribution in [3.05, 3.63) is 41.1 Å². The molecule has 0 saturated heterocycles. The van der Waals surface area contributed by atoms with Gasteiger partial charge in [-0.3, -0.25) is 4.68 Å². The standard InChI is InChI=1S/C14H15F4N3O2S/c1-9-3-4-12(24(18,22)23)6-11(9)7-19-13-5-10(2)21(20-13)8-14(15,16)17/h3-6H,7-8H2,1-2H3,(H,19,20). The minimum Gasteiger partial charge on any atom is -0.365 e. The van der Waals surface area contributed by atoms with E-state index >= 15 is 0 Å². The van der Waals surface area contributed by atoms with Gasteiger partial charge in [-0.25, -0.2) is 0 Å². The van der Waals surface area contributed by atoms with E-state index in [9.17, 15) is 25.5 Å². The molecule has 0 unspecified atom stereocenters. The lowest BCUT2D eigenvalue weighted by Crippen LogP contribution is -2.19. The molecule has 1 aromatic heterocycles. The highest BCUT2D eigenvalue weighted by Gasteiger charge is 2.29. The Labute approximate surface area is 136 Å². The van der Waals surface area contributed by atoms with Crippen LogP contribution in [0, 0.1) is 13.8 Å². The number of aromatic nitrogens is 2. The van der Waals surface area contributed by atoms with Crippen LogP contribution in [-0.2, 0) is 23.3 Å². The summed E-state index contributed by atoms with van der Waals surface area (Å²) in [7, 11) is -4.82. The summed E-state index contributed by atoms with van der Waals surface area (Å²) in [6.07, 6.45) is -4.38. The lowest BCUT2D eigenvalue weighted by atomic mass is 10.1. The van der Waals surface area contributed by atoms with E-state index < -0.39 is 27.8 Å². The summed E-state index contributed by atoms with van der Waals surface area (Å²) < 4.78 is 73.0. The normalized spacial score (nSPS) is 12.4. The molecule has 0 amide bonds. The first-order valence-electron chi connectivity index (χ1n) is 6.85. The van der Waals surface area contributed by atoms with Crippen molar-refractivity contribution < 1.29 is 25.5 Å². The van der Waals surface area contributed by atoms with Gasteiger partial charge in [-0.15, -0.1) is 3.89 Å². The third-order valence-corrected chi connectivity index (χ3v) is 4.19. The number of alkyl halides is 3. The first-order valence-corrected chi connectivity index (χ1v) is 8.23. The number of aryl methyl sites for hydroxylation is 2. The summed E-state index contributed by atoms with van der Waals surface area (Å²) in [5, 5.41) is 6.62. The van der Waals surface area contributed by atoms with Crippen LogP contribution >= 0.6 is 0 Å². The van der Waals surface area contributed by atoms with Crippen LogP contribution in [0.3, 0.4) is 0 Å². The maximum atomic E-state index is 13.0. The molecule has 5 nitrogen and oxygen atoms in total. The third kappa shape index (κ3) is 4.70. The number of hydrogen-bond acceptors (Lipinski definition) is 4. The second-order valence-corrected chi connectivity index (χ2v) is 6.67. The highest BCUT2D eigenvalue weighted by Crippen LogP contribution is 2.21. The molecule has 0 aliphatic heterocycles. The summed E-state index contributed by atoms with van der Waals surface area (Å²) in [6, 6.07) is 5.22. The van der Waals surface area contributed by atoms with E-state index in [0.717, 1.165) is 10.7 Å². The van der Waals surface area contributed by atoms with E-state index in [1.54, 1.807) is 6.92 Å². The molecule has 1 heterocycles. The van der Waals surface area contributed by atoms with Crippen molar-refractivity contribution in [1.29, 1.82) is 0 Å². The maximum Gasteiger partial charge on any atom is 0.408 e. The van der Waals surface area contributed by atoms with Gasteiger partial charge < -0.3 is 5.32 Å². The predicted octanol–water partition coefficient (Wildman–Crippen LogP) is 3.33. The first kappa shape index (κ1) is 18.2. The number of nitrogens with one attached hydrogen (secondary N) is 1. The molecule has 10 heteroatoms. The molecular formula is C14H15F4N3O2S. The van der Waals surface area contributed by atoms with Gasteiger partial charge in [0.1, 0.15) is 12.4 Å². The lowest BCUT2D eigenvalue weighted by molar-refractivity contribution is -0.142. The van der Waals surface area contributed by atoms with Gasteiger partial charge in [0.05, 0.1) is 4.90 Å². The minimum atomic E-state index is -4.82. The Hall–Kier alpha value is -2.10. The van der Waals surface area contributed by atoms with E-state index in [1.807, 2.05) is 0 Å². The zero-order chi connectivity index (χ0) is 18.1. The van der Waals surface area contributed by atoms with Gasteiger partial charge in [0.2, 0.25) is 0 Å². The Morgan fingerprint density at radius 1 is 1.21 bits per heavy atom. The Morgan fingerprint density at radius 2 is 1.88 bits per heavy atom. The topological polar surface area (TPSA) is 64.0 Å². The summed E-state index contributed by atoms with van der Waals surface area (Å²) in [4.78, 5) is -0.469. The molecule has 132 valence electrons. The van der Waals surface area contributed by atoms with E-state index in [2.05, 4.69) is 10.4 Å². The summed E-state index contributed by atoms with van der Waals surface area (Å²) in [5.74, 6) is 0.213. The van der Waals surface area contributed by atoms with Crippen LogP contribution in [0.4, 0.5) is 22.9 Å². The van der Waals surface area contributed by atoms with E-state index in [4.69, 9.17) is 0 Å². The molecule has 0 bridgehead atoms. The zero-order valence-electron chi connectivity index (χ0n) is 12.9. The number of anilines is 1. The van der Waals surface area contributed by atoms with Crippen LogP contribution in [-0.4, -0.2) is 24.4 Å². The van der Waals surface area contributed by atoms with Gasteiger partial charge in [0.25, 0.3) is 0 Å². The van der Waals surface area contributed by atoms with Crippen LogP contribution in [0.25, 0.3) is 0 Å². The smallest absolute Gasteiger partial charge is 0.365 e. The average Bonchev–Trinajstić information content (AvgIpc) is 2.75. The van der Waals surface area contributed by atoms with Crippen molar-refractivity contribution in [3.63, 3.8) is 0 Å². The van der Waals surface area contributed by atoms with Crippen LogP contribution in [0.5, 0.6) is 0 Å². The molecule has 2 rings (SSSR count). The maximum absolute atomic E-state index is 13.0. The first-order chi connectivity index (χ1) is 11.0. The quantitative estimate of drug-likeness (QED) is 0.652. The molecule has 0 atom stereocenters. The van der Waals surface area contributed by atoms with Crippen molar-refractivity contribution in [1.82, 2.24) is 9.78 Å². The van der Waals surface area contributed by atoms with Gasteiger partial charge in [0.15, 0.2) is 0 Å². The lowest BCUT2D eigenvalue weighted by Gasteiger charge is -2.09. The fourth-order valence-corrected chi connectivity index (χ4v) is 2.62. The Kier molecular flexibility index (Phi) is 4.88.